The molecular weight excluding hydrogens is 322 g/mol. The predicted molar refractivity (Wildman–Crippen MR) is 92.4 cm³/mol. The molecule has 0 aliphatic carbocycles. The number of carbonyl (C=O) groups excluding carboxylic acids is 1. The van der Waals surface area contributed by atoms with Gasteiger partial charge in [0.05, 0.1) is 13.7 Å². The maximum absolute atomic E-state index is 12.3. The van der Waals surface area contributed by atoms with Gasteiger partial charge in [-0.05, 0) is 31.2 Å². The van der Waals surface area contributed by atoms with Gasteiger partial charge < -0.3 is 24.3 Å². The fourth-order valence-corrected chi connectivity index (χ4v) is 2.48. The summed E-state index contributed by atoms with van der Waals surface area (Å²) in [5.74, 6) is 2.29. The number of methoxy groups -OCH3 is 1. The van der Waals surface area contributed by atoms with Crippen LogP contribution in [-0.4, -0.2) is 38.4 Å². The molecule has 0 fully saturated rings. The normalized spacial score (nSPS) is 16.6. The first kappa shape index (κ1) is 17.0. The molecule has 1 N–H and O–H groups in total. The van der Waals surface area contributed by atoms with Crippen molar-refractivity contribution < 1.29 is 23.7 Å². The van der Waals surface area contributed by atoms with Crippen molar-refractivity contribution in [2.45, 2.75) is 19.1 Å². The highest BCUT2D eigenvalue weighted by molar-refractivity contribution is 5.80. The van der Waals surface area contributed by atoms with Crippen molar-refractivity contribution >= 4 is 5.91 Å². The third kappa shape index (κ3) is 4.15. The third-order valence-electron chi connectivity index (χ3n) is 3.81. The van der Waals surface area contributed by atoms with Crippen LogP contribution in [0.5, 0.6) is 23.0 Å². The molecule has 1 heterocycles. The molecule has 6 nitrogen and oxygen atoms in total. The van der Waals surface area contributed by atoms with Gasteiger partial charge in [0.15, 0.2) is 29.1 Å². The van der Waals surface area contributed by atoms with Crippen LogP contribution >= 0.6 is 0 Å². The summed E-state index contributed by atoms with van der Waals surface area (Å²) in [7, 11) is 1.56. The van der Waals surface area contributed by atoms with Crippen LogP contribution in [0, 0.1) is 0 Å². The van der Waals surface area contributed by atoms with E-state index in [2.05, 4.69) is 5.32 Å². The Balaban J connectivity index is 1.51. The maximum atomic E-state index is 12.3. The highest BCUT2D eigenvalue weighted by Crippen LogP contribution is 2.30. The zero-order chi connectivity index (χ0) is 17.6. The summed E-state index contributed by atoms with van der Waals surface area (Å²) in [6, 6.07) is 14.7. The van der Waals surface area contributed by atoms with Gasteiger partial charge in [0, 0.05) is 0 Å². The number of ether oxygens (including phenoxy) is 4. The van der Waals surface area contributed by atoms with Crippen LogP contribution in [0.1, 0.15) is 6.92 Å². The van der Waals surface area contributed by atoms with Gasteiger partial charge in [0.2, 0.25) is 0 Å². The van der Waals surface area contributed by atoms with Gasteiger partial charge in [-0.25, -0.2) is 0 Å². The van der Waals surface area contributed by atoms with E-state index in [1.165, 1.54) is 0 Å². The summed E-state index contributed by atoms with van der Waals surface area (Å²) in [6.07, 6.45) is -0.898. The van der Waals surface area contributed by atoms with E-state index in [4.69, 9.17) is 18.9 Å². The van der Waals surface area contributed by atoms with Crippen molar-refractivity contribution in [1.29, 1.82) is 0 Å². The lowest BCUT2D eigenvalue weighted by Crippen LogP contribution is -2.44. The third-order valence-corrected chi connectivity index (χ3v) is 3.81. The van der Waals surface area contributed by atoms with Gasteiger partial charge in [-0.1, -0.05) is 24.3 Å². The molecule has 1 aliphatic heterocycles. The highest BCUT2D eigenvalue weighted by atomic mass is 16.6. The Kier molecular flexibility index (Phi) is 5.28. The van der Waals surface area contributed by atoms with Crippen LogP contribution in [0.3, 0.4) is 0 Å². The van der Waals surface area contributed by atoms with E-state index in [-0.39, 0.29) is 12.0 Å². The first-order valence-electron chi connectivity index (χ1n) is 8.13. The Morgan fingerprint density at radius 2 is 1.84 bits per heavy atom. The summed E-state index contributed by atoms with van der Waals surface area (Å²) in [5.41, 5.74) is 0. The van der Waals surface area contributed by atoms with E-state index >= 15 is 0 Å². The van der Waals surface area contributed by atoms with Crippen molar-refractivity contribution in [1.82, 2.24) is 5.32 Å². The first-order chi connectivity index (χ1) is 12.2. The second-order valence-electron chi connectivity index (χ2n) is 5.65. The molecule has 0 saturated heterocycles. The molecular formula is C19H21NO5. The van der Waals surface area contributed by atoms with Crippen molar-refractivity contribution in [2.24, 2.45) is 0 Å². The molecule has 2 atom stereocenters. The molecule has 1 aliphatic rings. The minimum absolute atomic E-state index is 0.228. The van der Waals surface area contributed by atoms with Gasteiger partial charge in [0.1, 0.15) is 12.7 Å². The fourth-order valence-electron chi connectivity index (χ4n) is 2.48. The van der Waals surface area contributed by atoms with Gasteiger partial charge in [0.25, 0.3) is 5.91 Å². The first-order valence-corrected chi connectivity index (χ1v) is 8.13. The van der Waals surface area contributed by atoms with E-state index in [1.54, 1.807) is 26.2 Å². The number of fused-ring (bicyclic) bond motifs is 1. The van der Waals surface area contributed by atoms with Crippen LogP contribution in [-0.2, 0) is 4.79 Å². The number of hydrogen-bond donors (Lipinski definition) is 1. The lowest BCUT2D eigenvalue weighted by atomic mass is 10.2. The largest absolute Gasteiger partial charge is 0.493 e. The molecule has 0 saturated carbocycles. The molecule has 6 heteroatoms. The Morgan fingerprint density at radius 3 is 2.60 bits per heavy atom. The van der Waals surface area contributed by atoms with E-state index in [0.29, 0.717) is 30.4 Å². The lowest BCUT2D eigenvalue weighted by Gasteiger charge is -2.27. The minimum atomic E-state index is -0.659. The summed E-state index contributed by atoms with van der Waals surface area (Å²) in [5, 5.41) is 2.83. The van der Waals surface area contributed by atoms with E-state index in [0.717, 1.165) is 5.75 Å². The monoisotopic (exact) mass is 343 g/mol. The van der Waals surface area contributed by atoms with E-state index in [9.17, 15) is 4.79 Å². The molecule has 2 aromatic carbocycles. The van der Waals surface area contributed by atoms with Gasteiger partial charge >= 0.3 is 0 Å². The molecule has 2 aromatic rings. The molecule has 0 spiro atoms. The van der Waals surface area contributed by atoms with Crippen molar-refractivity contribution in [3.05, 3.63) is 48.5 Å². The molecule has 0 radical (unpaired) electrons. The molecule has 0 unspecified atom stereocenters. The molecule has 0 aromatic heterocycles. The zero-order valence-electron chi connectivity index (χ0n) is 14.2. The predicted octanol–water partition coefficient (Wildman–Crippen LogP) is 2.42. The molecule has 3 rings (SSSR count). The number of amides is 1. The van der Waals surface area contributed by atoms with E-state index in [1.807, 2.05) is 36.4 Å². The van der Waals surface area contributed by atoms with Gasteiger partial charge in [-0.3, -0.25) is 4.79 Å². The SMILES string of the molecule is COc1ccccc1O[C@@H](C)C(=O)NC[C@H]1COc2ccccc2O1. The Labute approximate surface area is 146 Å². The lowest BCUT2D eigenvalue weighted by molar-refractivity contribution is -0.127. The maximum Gasteiger partial charge on any atom is 0.260 e. The van der Waals surface area contributed by atoms with E-state index < -0.39 is 6.10 Å². The Bertz CT molecular complexity index is 733. The summed E-state index contributed by atoms with van der Waals surface area (Å²) >= 11 is 0. The smallest absolute Gasteiger partial charge is 0.260 e. The van der Waals surface area contributed by atoms with Gasteiger partial charge in [-0.2, -0.15) is 0 Å². The topological polar surface area (TPSA) is 66.0 Å². The summed E-state index contributed by atoms with van der Waals surface area (Å²) in [6.45, 7) is 2.42. The quantitative estimate of drug-likeness (QED) is 0.873. The molecule has 132 valence electrons. The fraction of sp³-hybridized carbons (Fsp3) is 0.316. The number of rotatable bonds is 6. The second kappa shape index (κ2) is 7.79. The van der Waals surface area contributed by atoms with Crippen LogP contribution in [0.15, 0.2) is 48.5 Å². The van der Waals surface area contributed by atoms with Crippen molar-refractivity contribution in [3.8, 4) is 23.0 Å². The Hall–Kier alpha value is -2.89. The number of carbonyl (C=O) groups is 1. The summed E-state index contributed by atoms with van der Waals surface area (Å²) in [4.78, 5) is 12.3. The average molecular weight is 343 g/mol. The van der Waals surface area contributed by atoms with Crippen LogP contribution < -0.4 is 24.3 Å². The minimum Gasteiger partial charge on any atom is -0.493 e. The zero-order valence-corrected chi connectivity index (χ0v) is 14.2. The van der Waals surface area contributed by atoms with Crippen molar-refractivity contribution in [3.63, 3.8) is 0 Å². The van der Waals surface area contributed by atoms with Crippen LogP contribution in [0.4, 0.5) is 0 Å². The number of para-hydroxylation sites is 4. The standard InChI is InChI=1S/C19H21NO5/c1-13(24-17-9-5-3-7-15(17)22-2)19(21)20-11-14-12-23-16-8-4-6-10-18(16)25-14/h3-10,13-14H,11-12H2,1-2H3,(H,20,21)/t13-,14-/m0/s1. The summed E-state index contributed by atoms with van der Waals surface area (Å²) < 4.78 is 22.4. The average Bonchev–Trinajstić information content (AvgIpc) is 2.66. The van der Waals surface area contributed by atoms with Gasteiger partial charge in [-0.15, -0.1) is 0 Å². The molecule has 0 bridgehead atoms. The second-order valence-corrected chi connectivity index (χ2v) is 5.65. The number of nitrogens with one attached hydrogen (secondary N) is 1. The molecule has 25 heavy (non-hydrogen) atoms. The molecule has 1 amide bonds. The van der Waals surface area contributed by atoms with Crippen molar-refractivity contribution in [2.75, 3.05) is 20.3 Å². The number of hydrogen-bond acceptors (Lipinski definition) is 5. The highest BCUT2D eigenvalue weighted by Gasteiger charge is 2.23. The van der Waals surface area contributed by atoms with Crippen LogP contribution in [0.25, 0.3) is 0 Å². The Morgan fingerprint density at radius 1 is 1.16 bits per heavy atom. The number of benzene rings is 2. The van der Waals surface area contributed by atoms with Crippen LogP contribution in [0.2, 0.25) is 0 Å².